The fraction of sp³-hybridized carbons (Fsp3) is 0.240. The second kappa shape index (κ2) is 8.81. The number of hydrogen-bond donors (Lipinski definition) is 0. The third-order valence-electron chi connectivity index (χ3n) is 6.11. The summed E-state index contributed by atoms with van der Waals surface area (Å²) in [7, 11) is 1.48. The maximum atomic E-state index is 14.5. The van der Waals surface area contributed by atoms with E-state index in [9.17, 15) is 18.0 Å². The summed E-state index contributed by atoms with van der Waals surface area (Å²) in [5.74, 6) is -0.347. The summed E-state index contributed by atoms with van der Waals surface area (Å²) >= 11 is 0. The van der Waals surface area contributed by atoms with Gasteiger partial charge in [0.05, 0.1) is 25.0 Å². The molecule has 1 aliphatic heterocycles. The number of methoxy groups -OCH3 is 1. The zero-order chi connectivity index (χ0) is 23.8. The first-order valence-electron chi connectivity index (χ1n) is 10.8. The number of nitrogens with zero attached hydrogens (tertiary/aromatic N) is 4. The highest BCUT2D eigenvalue weighted by Gasteiger charge is 2.34. The quantitative estimate of drug-likeness (QED) is 0.392. The van der Waals surface area contributed by atoms with E-state index in [1.807, 2.05) is 0 Å². The molecule has 0 aliphatic carbocycles. The van der Waals surface area contributed by atoms with Gasteiger partial charge in [-0.05, 0) is 37.1 Å². The van der Waals surface area contributed by atoms with Crippen LogP contribution in [0, 0.1) is 5.82 Å². The number of rotatable bonds is 5. The monoisotopic (exact) mass is 466 g/mol. The third kappa shape index (κ3) is 3.67. The molecule has 0 radical (unpaired) electrons. The minimum atomic E-state index is -2.85. The van der Waals surface area contributed by atoms with Gasteiger partial charge < -0.3 is 9.64 Å². The molecular formula is C25H21F3N4O2. The Balaban J connectivity index is 1.62. The van der Waals surface area contributed by atoms with Crippen molar-refractivity contribution in [3.63, 3.8) is 0 Å². The number of alkyl halides is 2. The molecule has 1 amide bonds. The second-order valence-corrected chi connectivity index (χ2v) is 8.04. The summed E-state index contributed by atoms with van der Waals surface area (Å²) in [6.45, 7) is 0.420. The molecular weight excluding hydrogens is 445 g/mol. The van der Waals surface area contributed by atoms with Gasteiger partial charge in [-0.25, -0.2) is 22.7 Å². The predicted octanol–water partition coefficient (Wildman–Crippen LogP) is 5.46. The van der Waals surface area contributed by atoms with Gasteiger partial charge >= 0.3 is 0 Å². The van der Waals surface area contributed by atoms with E-state index in [1.165, 1.54) is 25.4 Å². The van der Waals surface area contributed by atoms with E-state index in [0.29, 0.717) is 36.3 Å². The van der Waals surface area contributed by atoms with Crippen molar-refractivity contribution in [1.82, 2.24) is 19.5 Å². The summed E-state index contributed by atoms with van der Waals surface area (Å²) in [6.07, 6.45) is -0.292. The van der Waals surface area contributed by atoms with E-state index < -0.39 is 24.1 Å². The SMILES string of the molecule is COc1ccccc1-c1cc(C(F)F)n2ncc(C(=O)N3CCC[C@@H]3c3ccccc3F)c2n1. The summed E-state index contributed by atoms with van der Waals surface area (Å²) in [5, 5.41) is 4.05. The molecule has 3 heterocycles. The van der Waals surface area contributed by atoms with Crippen molar-refractivity contribution in [2.45, 2.75) is 25.3 Å². The number of carbonyl (C=O) groups excluding carboxylic acids is 1. The number of hydrogen-bond acceptors (Lipinski definition) is 4. The standard InChI is InChI=1S/C25H21F3N4O2/c1-34-22-11-5-3-8-16(22)19-13-21(23(27)28)32-24(30-19)17(14-29-32)25(33)31-12-6-10-20(31)15-7-2-4-9-18(15)26/h2-5,7-9,11,13-14,20,23H,6,10,12H2,1H3/t20-/m1/s1. The van der Waals surface area contributed by atoms with Gasteiger partial charge in [-0.15, -0.1) is 0 Å². The van der Waals surface area contributed by atoms with Crippen LogP contribution in [0.15, 0.2) is 60.8 Å². The Morgan fingerprint density at radius 3 is 2.68 bits per heavy atom. The second-order valence-electron chi connectivity index (χ2n) is 8.04. The molecule has 2 aromatic carbocycles. The van der Waals surface area contributed by atoms with Crippen LogP contribution in [0.4, 0.5) is 13.2 Å². The van der Waals surface area contributed by atoms with Crippen molar-refractivity contribution in [2.75, 3.05) is 13.7 Å². The summed E-state index contributed by atoms with van der Waals surface area (Å²) in [6, 6.07) is 14.1. The van der Waals surface area contributed by atoms with Crippen LogP contribution in [0.25, 0.3) is 16.9 Å². The Morgan fingerprint density at radius 1 is 1.15 bits per heavy atom. The van der Waals surface area contributed by atoms with Gasteiger partial charge in [-0.1, -0.05) is 30.3 Å². The predicted molar refractivity (Wildman–Crippen MR) is 119 cm³/mol. The number of benzene rings is 2. The highest BCUT2D eigenvalue weighted by atomic mass is 19.3. The molecule has 0 saturated carbocycles. The van der Waals surface area contributed by atoms with Gasteiger partial charge in [0, 0.05) is 17.7 Å². The maximum absolute atomic E-state index is 14.5. The van der Waals surface area contributed by atoms with Crippen molar-refractivity contribution in [3.05, 3.63) is 83.4 Å². The van der Waals surface area contributed by atoms with Crippen molar-refractivity contribution in [2.24, 2.45) is 0 Å². The van der Waals surface area contributed by atoms with Crippen molar-refractivity contribution < 1.29 is 22.7 Å². The molecule has 1 fully saturated rings. The van der Waals surface area contributed by atoms with Gasteiger partial charge in [0.1, 0.15) is 22.8 Å². The number of fused-ring (bicyclic) bond motifs is 1. The summed E-state index contributed by atoms with van der Waals surface area (Å²) in [5.41, 5.74) is 0.892. The first-order valence-corrected chi connectivity index (χ1v) is 10.8. The van der Waals surface area contributed by atoms with Crippen LogP contribution < -0.4 is 4.74 Å². The lowest BCUT2D eigenvalue weighted by atomic mass is 10.0. The minimum absolute atomic E-state index is 0.0166. The van der Waals surface area contributed by atoms with Gasteiger partial charge in [0.15, 0.2) is 5.65 Å². The number of likely N-dealkylation sites (tertiary alicyclic amines) is 1. The van der Waals surface area contributed by atoms with E-state index in [2.05, 4.69) is 10.1 Å². The van der Waals surface area contributed by atoms with Gasteiger partial charge in [-0.2, -0.15) is 5.10 Å². The average Bonchev–Trinajstić information content (AvgIpc) is 3.50. The molecule has 1 saturated heterocycles. The average molecular weight is 466 g/mol. The fourth-order valence-corrected chi connectivity index (χ4v) is 4.52. The van der Waals surface area contributed by atoms with Crippen LogP contribution in [0.1, 0.15) is 46.9 Å². The molecule has 0 N–H and O–H groups in total. The van der Waals surface area contributed by atoms with Crippen LogP contribution in [0.2, 0.25) is 0 Å². The third-order valence-corrected chi connectivity index (χ3v) is 6.11. The maximum Gasteiger partial charge on any atom is 0.280 e. The van der Waals surface area contributed by atoms with E-state index in [0.717, 1.165) is 4.52 Å². The van der Waals surface area contributed by atoms with E-state index in [4.69, 9.17) is 4.74 Å². The molecule has 2 aromatic heterocycles. The molecule has 0 spiro atoms. The number of para-hydroxylation sites is 1. The van der Waals surface area contributed by atoms with Gasteiger partial charge in [0.2, 0.25) is 0 Å². The Labute approximate surface area is 193 Å². The minimum Gasteiger partial charge on any atom is -0.496 e. The first-order chi connectivity index (χ1) is 16.5. The van der Waals surface area contributed by atoms with Crippen LogP contribution in [0.3, 0.4) is 0 Å². The first kappa shape index (κ1) is 21.9. The highest BCUT2D eigenvalue weighted by Crippen LogP contribution is 2.36. The lowest BCUT2D eigenvalue weighted by Gasteiger charge is -2.25. The Kier molecular flexibility index (Phi) is 5.69. The van der Waals surface area contributed by atoms with Crippen LogP contribution in [-0.4, -0.2) is 39.1 Å². The van der Waals surface area contributed by atoms with Crippen LogP contribution in [0.5, 0.6) is 5.75 Å². The fourth-order valence-electron chi connectivity index (χ4n) is 4.52. The summed E-state index contributed by atoms with van der Waals surface area (Å²) < 4.78 is 48.7. The zero-order valence-electron chi connectivity index (χ0n) is 18.3. The lowest BCUT2D eigenvalue weighted by molar-refractivity contribution is 0.0735. The molecule has 0 unspecified atom stereocenters. The van der Waals surface area contributed by atoms with E-state index in [1.54, 1.807) is 47.4 Å². The van der Waals surface area contributed by atoms with Crippen molar-refractivity contribution >= 4 is 11.6 Å². The molecule has 6 nitrogen and oxygen atoms in total. The molecule has 1 aliphatic rings. The Morgan fingerprint density at radius 2 is 1.91 bits per heavy atom. The molecule has 9 heteroatoms. The largest absolute Gasteiger partial charge is 0.496 e. The molecule has 34 heavy (non-hydrogen) atoms. The van der Waals surface area contributed by atoms with Gasteiger partial charge in [-0.3, -0.25) is 4.79 Å². The number of amides is 1. The van der Waals surface area contributed by atoms with Crippen LogP contribution >= 0.6 is 0 Å². The Hall–Kier alpha value is -3.88. The molecule has 5 rings (SSSR count). The Bertz CT molecular complexity index is 1370. The number of halogens is 3. The molecule has 0 bridgehead atoms. The zero-order valence-corrected chi connectivity index (χ0v) is 18.3. The van der Waals surface area contributed by atoms with Crippen molar-refractivity contribution in [1.29, 1.82) is 0 Å². The van der Waals surface area contributed by atoms with E-state index in [-0.39, 0.29) is 22.7 Å². The normalized spacial score (nSPS) is 15.9. The topological polar surface area (TPSA) is 59.7 Å². The highest BCUT2D eigenvalue weighted by molar-refractivity contribution is 6.00. The molecule has 174 valence electrons. The molecule has 4 aromatic rings. The van der Waals surface area contributed by atoms with Gasteiger partial charge in [0.25, 0.3) is 12.3 Å². The van der Waals surface area contributed by atoms with Crippen molar-refractivity contribution in [3.8, 4) is 17.0 Å². The smallest absolute Gasteiger partial charge is 0.280 e. The summed E-state index contributed by atoms with van der Waals surface area (Å²) in [4.78, 5) is 19.7. The number of ether oxygens (including phenoxy) is 1. The van der Waals surface area contributed by atoms with Crippen LogP contribution in [-0.2, 0) is 0 Å². The number of carbonyl (C=O) groups is 1. The molecule has 1 atom stereocenters. The number of aromatic nitrogens is 3. The van der Waals surface area contributed by atoms with E-state index >= 15 is 0 Å². The lowest BCUT2D eigenvalue weighted by Crippen LogP contribution is -2.31.